The second-order valence-corrected chi connectivity index (χ2v) is 6.73. The van der Waals surface area contributed by atoms with Crippen molar-refractivity contribution in [2.75, 3.05) is 25.1 Å². The highest BCUT2D eigenvalue weighted by Gasteiger charge is 2.30. The van der Waals surface area contributed by atoms with Crippen molar-refractivity contribution in [2.45, 2.75) is 38.3 Å². The predicted molar refractivity (Wildman–Crippen MR) is 92.9 cm³/mol. The van der Waals surface area contributed by atoms with E-state index in [4.69, 9.17) is 4.74 Å². The molecule has 2 heterocycles. The lowest BCUT2D eigenvalue weighted by atomic mass is 10.1. The van der Waals surface area contributed by atoms with Crippen LogP contribution in [0, 0.1) is 0 Å². The first-order chi connectivity index (χ1) is 11.6. The molecule has 0 aromatic carbocycles. The Labute approximate surface area is 146 Å². The molecule has 1 aromatic heterocycles. The maximum atomic E-state index is 12.8. The van der Waals surface area contributed by atoms with Gasteiger partial charge in [0.15, 0.2) is 0 Å². The van der Waals surface area contributed by atoms with Gasteiger partial charge in [-0.1, -0.05) is 0 Å². The first-order valence-electron chi connectivity index (χ1n) is 8.07. The first kappa shape index (κ1) is 18.5. The van der Waals surface area contributed by atoms with Crippen molar-refractivity contribution in [2.24, 2.45) is 0 Å². The van der Waals surface area contributed by atoms with E-state index in [0.29, 0.717) is 25.4 Å². The fourth-order valence-electron chi connectivity index (χ4n) is 2.71. The summed E-state index contributed by atoms with van der Waals surface area (Å²) in [6.07, 6.45) is 9.00. The number of nitrogens with one attached hydrogen (secondary N) is 1. The summed E-state index contributed by atoms with van der Waals surface area (Å²) in [5, 5.41) is 2.77. The quantitative estimate of drug-likeness (QED) is 0.791. The Kier molecular flexibility index (Phi) is 7.30. The van der Waals surface area contributed by atoms with Crippen LogP contribution < -0.4 is 10.1 Å². The summed E-state index contributed by atoms with van der Waals surface area (Å²) in [6.45, 7) is 2.63. The van der Waals surface area contributed by atoms with Crippen LogP contribution in [0.1, 0.15) is 26.2 Å². The molecule has 0 spiro atoms. The molecule has 0 radical (unpaired) electrons. The van der Waals surface area contributed by atoms with E-state index in [1.807, 2.05) is 6.26 Å². The fourth-order valence-corrected chi connectivity index (χ4v) is 3.18. The molecule has 1 fully saturated rings. The van der Waals surface area contributed by atoms with Crippen molar-refractivity contribution in [3.05, 3.63) is 18.6 Å². The molecule has 24 heavy (non-hydrogen) atoms. The minimum atomic E-state index is -0.467. The van der Waals surface area contributed by atoms with E-state index in [0.717, 1.165) is 18.6 Å². The number of hydrogen-bond acceptors (Lipinski definition) is 6. The van der Waals surface area contributed by atoms with Gasteiger partial charge in [0.25, 0.3) is 0 Å². The van der Waals surface area contributed by atoms with Crippen LogP contribution >= 0.6 is 11.8 Å². The van der Waals surface area contributed by atoms with Crippen molar-refractivity contribution >= 4 is 23.6 Å². The van der Waals surface area contributed by atoms with Gasteiger partial charge in [-0.05, 0) is 31.3 Å². The second kappa shape index (κ2) is 9.46. The van der Waals surface area contributed by atoms with E-state index >= 15 is 0 Å². The first-order valence-corrected chi connectivity index (χ1v) is 9.47. The molecule has 2 atom stereocenters. The lowest BCUT2D eigenvalue weighted by molar-refractivity contribution is -0.138. The van der Waals surface area contributed by atoms with Gasteiger partial charge in [0.2, 0.25) is 17.7 Å². The molecule has 1 aliphatic heterocycles. The topological polar surface area (TPSA) is 84.4 Å². The molecule has 2 rings (SSSR count). The number of hydrogen-bond donors (Lipinski definition) is 1. The average Bonchev–Trinajstić information content (AvgIpc) is 2.59. The summed E-state index contributed by atoms with van der Waals surface area (Å²) < 4.78 is 5.82. The molecule has 1 N–H and O–H groups in total. The molecular weight excluding hydrogens is 328 g/mol. The number of rotatable bonds is 7. The smallest absolute Gasteiger partial charge is 0.245 e. The molecule has 1 aromatic rings. The monoisotopic (exact) mass is 352 g/mol. The van der Waals surface area contributed by atoms with Crippen molar-refractivity contribution in [3.8, 4) is 5.88 Å². The van der Waals surface area contributed by atoms with Crippen molar-refractivity contribution in [1.29, 1.82) is 0 Å². The van der Waals surface area contributed by atoms with E-state index in [1.165, 1.54) is 6.92 Å². The Morgan fingerprint density at radius 2 is 2.33 bits per heavy atom. The summed E-state index contributed by atoms with van der Waals surface area (Å²) in [7, 11) is 0. The van der Waals surface area contributed by atoms with Crippen LogP contribution in [0.25, 0.3) is 0 Å². The molecule has 1 saturated heterocycles. The summed E-state index contributed by atoms with van der Waals surface area (Å²) >= 11 is 1.66. The average molecular weight is 352 g/mol. The molecule has 0 saturated carbocycles. The number of piperidine rings is 1. The van der Waals surface area contributed by atoms with E-state index in [9.17, 15) is 9.59 Å². The Bertz CT molecular complexity index is 543. The Morgan fingerprint density at radius 3 is 3.00 bits per heavy atom. The zero-order valence-corrected chi connectivity index (χ0v) is 14.9. The minimum absolute atomic E-state index is 0.0355. The summed E-state index contributed by atoms with van der Waals surface area (Å²) in [6, 6.07) is -0.467. The van der Waals surface area contributed by atoms with Crippen LogP contribution in [0.15, 0.2) is 18.6 Å². The molecule has 7 nitrogen and oxygen atoms in total. The highest BCUT2D eigenvalue weighted by molar-refractivity contribution is 7.98. The van der Waals surface area contributed by atoms with E-state index in [-0.39, 0.29) is 17.9 Å². The van der Waals surface area contributed by atoms with Crippen molar-refractivity contribution in [3.63, 3.8) is 0 Å². The number of thioether (sulfide) groups is 1. The highest BCUT2D eigenvalue weighted by Crippen LogP contribution is 2.17. The largest absolute Gasteiger partial charge is 0.471 e. The number of nitrogens with zero attached hydrogens (tertiary/aromatic N) is 3. The second-order valence-electron chi connectivity index (χ2n) is 5.74. The lowest BCUT2D eigenvalue weighted by Gasteiger charge is -2.34. The van der Waals surface area contributed by atoms with Gasteiger partial charge in [0.05, 0.1) is 12.7 Å². The molecule has 0 bridgehead atoms. The van der Waals surface area contributed by atoms with Gasteiger partial charge in [0, 0.05) is 25.9 Å². The van der Waals surface area contributed by atoms with Crippen LogP contribution in [0.3, 0.4) is 0 Å². The van der Waals surface area contributed by atoms with Gasteiger partial charge in [0.1, 0.15) is 12.1 Å². The summed E-state index contributed by atoms with van der Waals surface area (Å²) in [4.78, 5) is 34.0. The Balaban J connectivity index is 1.95. The number of ether oxygens (including phenoxy) is 1. The third-order valence-electron chi connectivity index (χ3n) is 3.80. The zero-order chi connectivity index (χ0) is 17.4. The molecule has 2 amide bonds. The van der Waals surface area contributed by atoms with Crippen LogP contribution in [-0.2, 0) is 9.59 Å². The van der Waals surface area contributed by atoms with Crippen LogP contribution in [0.5, 0.6) is 5.88 Å². The molecule has 132 valence electrons. The van der Waals surface area contributed by atoms with E-state index in [2.05, 4.69) is 15.3 Å². The number of likely N-dealkylation sites (tertiary alicyclic amines) is 1. The van der Waals surface area contributed by atoms with Gasteiger partial charge in [-0.3, -0.25) is 14.6 Å². The van der Waals surface area contributed by atoms with Gasteiger partial charge < -0.3 is 15.0 Å². The third-order valence-corrected chi connectivity index (χ3v) is 4.45. The van der Waals surface area contributed by atoms with Crippen molar-refractivity contribution < 1.29 is 14.3 Å². The van der Waals surface area contributed by atoms with Crippen LogP contribution in [-0.4, -0.2) is 63.9 Å². The van der Waals surface area contributed by atoms with Crippen molar-refractivity contribution in [1.82, 2.24) is 20.2 Å². The van der Waals surface area contributed by atoms with Gasteiger partial charge in [-0.25, -0.2) is 4.98 Å². The van der Waals surface area contributed by atoms with Crippen LogP contribution in [0.2, 0.25) is 0 Å². The van der Waals surface area contributed by atoms with Gasteiger partial charge in [-0.2, -0.15) is 11.8 Å². The Morgan fingerprint density at radius 1 is 1.50 bits per heavy atom. The number of amides is 2. The Hall–Kier alpha value is -1.83. The number of aromatic nitrogens is 2. The fraction of sp³-hybridized carbons (Fsp3) is 0.625. The summed E-state index contributed by atoms with van der Waals surface area (Å²) in [5.74, 6) is 1.08. The normalized spacial score (nSPS) is 18.8. The minimum Gasteiger partial charge on any atom is -0.471 e. The molecular formula is C16H24N4O3S. The van der Waals surface area contributed by atoms with Gasteiger partial charge >= 0.3 is 0 Å². The maximum Gasteiger partial charge on any atom is 0.245 e. The number of carbonyl (C=O) groups is 2. The molecule has 0 aliphatic carbocycles. The van der Waals surface area contributed by atoms with E-state index in [1.54, 1.807) is 35.3 Å². The molecule has 1 aliphatic rings. The third kappa shape index (κ3) is 5.67. The highest BCUT2D eigenvalue weighted by atomic mass is 32.2. The maximum absolute atomic E-state index is 12.8. The molecule has 8 heteroatoms. The standard InChI is InChI=1S/C16H24N4O3S/c1-12(21)19-14(5-9-24-2)16(22)20-8-3-4-13(11-20)23-15-10-17-6-7-18-15/h6-7,10,13-14H,3-5,8-9,11H2,1-2H3,(H,19,21). The number of carbonyl (C=O) groups excluding carboxylic acids is 2. The molecule has 2 unspecified atom stereocenters. The SMILES string of the molecule is CSCCC(NC(C)=O)C(=O)N1CCCC(Oc2cnccn2)C1. The lowest BCUT2D eigenvalue weighted by Crippen LogP contribution is -2.52. The van der Waals surface area contributed by atoms with Gasteiger partial charge in [-0.15, -0.1) is 0 Å². The predicted octanol–water partition coefficient (Wildman–Crippen LogP) is 1.10. The summed E-state index contributed by atoms with van der Waals surface area (Å²) in [5.41, 5.74) is 0. The van der Waals surface area contributed by atoms with E-state index < -0.39 is 6.04 Å². The zero-order valence-electron chi connectivity index (χ0n) is 14.1. The van der Waals surface area contributed by atoms with Crippen LogP contribution in [0.4, 0.5) is 0 Å².